The van der Waals surface area contributed by atoms with E-state index in [0.717, 1.165) is 12.8 Å². The van der Waals surface area contributed by atoms with Gasteiger partial charge in [-0.15, -0.1) is 0 Å². The average molecular weight is 299 g/mol. The molecule has 2 rings (SSSR count). The summed E-state index contributed by atoms with van der Waals surface area (Å²) < 4.78 is 31.4. The van der Waals surface area contributed by atoms with E-state index in [4.69, 9.17) is 9.84 Å². The van der Waals surface area contributed by atoms with Crippen LogP contribution in [0.5, 0.6) is 5.75 Å². The minimum Gasteiger partial charge on any atom is -0.494 e. The second-order valence-corrected chi connectivity index (χ2v) is 7.17. The maximum Gasteiger partial charge on any atom is 0.242 e. The SMILES string of the molecule is CN(CC1CC1)S(=O)(=O)c1ccc(OCCCO)cc1. The van der Waals surface area contributed by atoms with Gasteiger partial charge in [0.15, 0.2) is 0 Å². The van der Waals surface area contributed by atoms with Crippen molar-refractivity contribution in [2.45, 2.75) is 24.2 Å². The average Bonchev–Trinajstić information content (AvgIpc) is 3.23. The molecule has 0 unspecified atom stereocenters. The van der Waals surface area contributed by atoms with Crippen LogP contribution in [-0.4, -0.2) is 44.6 Å². The third kappa shape index (κ3) is 3.94. The predicted molar refractivity (Wildman–Crippen MR) is 76.2 cm³/mol. The highest BCUT2D eigenvalue weighted by Gasteiger charge is 2.29. The molecule has 0 aromatic heterocycles. The molecule has 0 saturated heterocycles. The van der Waals surface area contributed by atoms with Gasteiger partial charge in [0.25, 0.3) is 0 Å². The number of aliphatic hydroxyl groups is 1. The van der Waals surface area contributed by atoms with Gasteiger partial charge in [0.1, 0.15) is 5.75 Å². The Morgan fingerprint density at radius 1 is 1.30 bits per heavy atom. The Bertz CT molecular complexity index is 523. The van der Waals surface area contributed by atoms with E-state index >= 15 is 0 Å². The Labute approximate surface area is 120 Å². The van der Waals surface area contributed by atoms with Crippen molar-refractivity contribution in [1.82, 2.24) is 4.31 Å². The second kappa shape index (κ2) is 6.56. The minimum atomic E-state index is -3.40. The number of sulfonamides is 1. The normalized spacial score (nSPS) is 15.6. The van der Waals surface area contributed by atoms with Crippen LogP contribution in [0.3, 0.4) is 0 Å². The fourth-order valence-corrected chi connectivity index (χ4v) is 3.15. The summed E-state index contributed by atoms with van der Waals surface area (Å²) in [5.74, 6) is 1.14. The molecule has 112 valence electrons. The summed E-state index contributed by atoms with van der Waals surface area (Å²) >= 11 is 0. The van der Waals surface area contributed by atoms with Gasteiger partial charge >= 0.3 is 0 Å². The van der Waals surface area contributed by atoms with Crippen molar-refractivity contribution < 1.29 is 18.3 Å². The van der Waals surface area contributed by atoms with E-state index in [1.807, 2.05) is 0 Å². The highest BCUT2D eigenvalue weighted by atomic mass is 32.2. The van der Waals surface area contributed by atoms with E-state index < -0.39 is 10.0 Å². The van der Waals surface area contributed by atoms with Crippen LogP contribution in [0, 0.1) is 5.92 Å². The molecule has 0 atom stereocenters. The molecule has 6 heteroatoms. The number of benzene rings is 1. The number of hydrogen-bond donors (Lipinski definition) is 1. The fraction of sp³-hybridized carbons (Fsp3) is 0.571. The first kappa shape index (κ1) is 15.3. The summed E-state index contributed by atoms with van der Waals surface area (Å²) in [5, 5.41) is 8.67. The molecule has 0 bridgehead atoms. The van der Waals surface area contributed by atoms with Gasteiger partial charge in [-0.1, -0.05) is 0 Å². The van der Waals surface area contributed by atoms with Gasteiger partial charge in [-0.2, -0.15) is 0 Å². The molecule has 1 aliphatic carbocycles. The molecule has 1 fully saturated rings. The van der Waals surface area contributed by atoms with Crippen molar-refractivity contribution in [1.29, 1.82) is 0 Å². The first-order valence-electron chi connectivity index (χ1n) is 6.84. The zero-order chi connectivity index (χ0) is 14.6. The first-order valence-corrected chi connectivity index (χ1v) is 8.28. The van der Waals surface area contributed by atoms with Crippen molar-refractivity contribution >= 4 is 10.0 Å². The molecule has 1 aromatic carbocycles. The molecule has 0 amide bonds. The van der Waals surface area contributed by atoms with Crippen molar-refractivity contribution in [2.75, 3.05) is 26.8 Å². The summed E-state index contributed by atoms with van der Waals surface area (Å²) in [6.07, 6.45) is 2.80. The molecular weight excluding hydrogens is 278 g/mol. The Kier molecular flexibility index (Phi) is 5.01. The van der Waals surface area contributed by atoms with Gasteiger partial charge in [0.05, 0.1) is 11.5 Å². The maximum atomic E-state index is 12.3. The first-order chi connectivity index (χ1) is 9.54. The molecule has 0 aliphatic heterocycles. The van der Waals surface area contributed by atoms with E-state index in [1.165, 1.54) is 4.31 Å². The van der Waals surface area contributed by atoms with Gasteiger partial charge in [0.2, 0.25) is 10.0 Å². The van der Waals surface area contributed by atoms with Gasteiger partial charge < -0.3 is 9.84 Å². The Morgan fingerprint density at radius 3 is 2.50 bits per heavy atom. The minimum absolute atomic E-state index is 0.0818. The van der Waals surface area contributed by atoms with Crippen LogP contribution < -0.4 is 4.74 Å². The summed E-state index contributed by atoms with van der Waals surface area (Å²) in [6.45, 7) is 1.10. The number of nitrogens with zero attached hydrogens (tertiary/aromatic N) is 1. The molecule has 0 radical (unpaired) electrons. The molecule has 0 heterocycles. The second-order valence-electron chi connectivity index (χ2n) is 5.13. The van der Waals surface area contributed by atoms with Gasteiger partial charge in [-0.05, 0) is 43.0 Å². The fourth-order valence-electron chi connectivity index (χ4n) is 1.90. The molecule has 1 saturated carbocycles. The quantitative estimate of drug-likeness (QED) is 0.738. The smallest absolute Gasteiger partial charge is 0.242 e. The lowest BCUT2D eigenvalue weighted by Gasteiger charge is -2.17. The van der Waals surface area contributed by atoms with Crippen LogP contribution in [-0.2, 0) is 10.0 Å². The summed E-state index contributed by atoms with van der Waals surface area (Å²) in [4.78, 5) is 0.287. The Hall–Kier alpha value is -1.11. The Morgan fingerprint density at radius 2 is 1.95 bits per heavy atom. The van der Waals surface area contributed by atoms with E-state index in [2.05, 4.69) is 0 Å². The van der Waals surface area contributed by atoms with Crippen molar-refractivity contribution in [3.63, 3.8) is 0 Å². The molecule has 20 heavy (non-hydrogen) atoms. The number of ether oxygens (including phenoxy) is 1. The van der Waals surface area contributed by atoms with Crippen molar-refractivity contribution in [3.05, 3.63) is 24.3 Å². The van der Waals surface area contributed by atoms with E-state index in [0.29, 0.717) is 31.2 Å². The van der Waals surface area contributed by atoms with Gasteiger partial charge in [-0.3, -0.25) is 0 Å². The molecular formula is C14H21NO4S. The predicted octanol–water partition coefficient (Wildman–Crippen LogP) is 1.48. The molecule has 5 nitrogen and oxygen atoms in total. The molecule has 0 spiro atoms. The monoisotopic (exact) mass is 299 g/mol. The third-order valence-corrected chi connectivity index (χ3v) is 5.15. The van der Waals surface area contributed by atoms with Crippen LogP contribution >= 0.6 is 0 Å². The van der Waals surface area contributed by atoms with Crippen molar-refractivity contribution in [2.24, 2.45) is 5.92 Å². The van der Waals surface area contributed by atoms with Crippen LogP contribution in [0.15, 0.2) is 29.2 Å². The van der Waals surface area contributed by atoms with Crippen LogP contribution in [0.1, 0.15) is 19.3 Å². The highest BCUT2D eigenvalue weighted by molar-refractivity contribution is 7.89. The maximum absolute atomic E-state index is 12.3. The summed E-state index contributed by atoms with van der Waals surface area (Å²) in [5.41, 5.74) is 0. The number of aliphatic hydroxyl groups excluding tert-OH is 1. The molecule has 1 aromatic rings. The number of hydrogen-bond acceptors (Lipinski definition) is 4. The van der Waals surface area contributed by atoms with Gasteiger partial charge in [-0.25, -0.2) is 12.7 Å². The lowest BCUT2D eigenvalue weighted by molar-refractivity contribution is 0.233. The Balaban J connectivity index is 2.00. The molecule has 1 N–H and O–H groups in total. The zero-order valence-electron chi connectivity index (χ0n) is 11.7. The van der Waals surface area contributed by atoms with Gasteiger partial charge in [0, 0.05) is 26.6 Å². The summed E-state index contributed by atoms with van der Waals surface area (Å²) in [7, 11) is -1.77. The van der Waals surface area contributed by atoms with Crippen LogP contribution in [0.25, 0.3) is 0 Å². The molecule has 1 aliphatic rings. The van der Waals surface area contributed by atoms with Crippen molar-refractivity contribution in [3.8, 4) is 5.75 Å². The van der Waals surface area contributed by atoms with E-state index in [-0.39, 0.29) is 11.5 Å². The largest absolute Gasteiger partial charge is 0.494 e. The lowest BCUT2D eigenvalue weighted by Crippen LogP contribution is -2.28. The van der Waals surface area contributed by atoms with Crippen LogP contribution in [0.2, 0.25) is 0 Å². The highest BCUT2D eigenvalue weighted by Crippen LogP contribution is 2.31. The number of rotatable bonds is 8. The topological polar surface area (TPSA) is 66.8 Å². The lowest BCUT2D eigenvalue weighted by atomic mass is 10.3. The third-order valence-electron chi connectivity index (χ3n) is 3.32. The zero-order valence-corrected chi connectivity index (χ0v) is 12.5. The standard InChI is InChI=1S/C14H21NO4S/c1-15(11-12-3-4-12)20(17,18)14-7-5-13(6-8-14)19-10-2-9-16/h5-8,12,16H,2-4,9-11H2,1H3. The van der Waals surface area contributed by atoms with E-state index in [1.54, 1.807) is 31.3 Å². The van der Waals surface area contributed by atoms with E-state index in [9.17, 15) is 8.42 Å². The summed E-state index contributed by atoms with van der Waals surface area (Å²) in [6, 6.07) is 6.42. The van der Waals surface area contributed by atoms with Crippen LogP contribution in [0.4, 0.5) is 0 Å².